The molecule has 11 heteroatoms. The number of aromatic nitrogens is 3. The number of fused-ring (bicyclic) bond motifs is 1. The van der Waals surface area contributed by atoms with Crippen molar-refractivity contribution in [2.45, 2.75) is 40.4 Å². The van der Waals surface area contributed by atoms with E-state index in [1.54, 1.807) is 31.2 Å². The molecule has 0 saturated carbocycles. The minimum atomic E-state index is -0.525. The molecule has 9 nitrogen and oxygen atoms in total. The zero-order valence-corrected chi connectivity index (χ0v) is 20.5. The van der Waals surface area contributed by atoms with Crippen LogP contribution in [0.4, 0.5) is 5.13 Å². The summed E-state index contributed by atoms with van der Waals surface area (Å²) in [4.78, 5) is 56.9. The summed E-state index contributed by atoms with van der Waals surface area (Å²) in [6, 6.07) is 10.6. The first-order chi connectivity index (χ1) is 16.3. The van der Waals surface area contributed by atoms with E-state index < -0.39 is 11.6 Å². The molecule has 0 aliphatic rings. The van der Waals surface area contributed by atoms with Crippen LogP contribution < -0.4 is 21.9 Å². The van der Waals surface area contributed by atoms with Crippen molar-refractivity contribution in [2.75, 3.05) is 5.32 Å². The Bertz CT molecular complexity index is 1510. The quantitative estimate of drug-likeness (QED) is 0.407. The van der Waals surface area contributed by atoms with E-state index >= 15 is 0 Å². The second-order valence-electron chi connectivity index (χ2n) is 7.58. The van der Waals surface area contributed by atoms with E-state index in [9.17, 15) is 19.2 Å². The van der Waals surface area contributed by atoms with E-state index in [0.717, 1.165) is 24.9 Å². The Balaban J connectivity index is 1.56. The van der Waals surface area contributed by atoms with Crippen molar-refractivity contribution in [3.8, 4) is 10.6 Å². The number of thiophene rings is 1. The van der Waals surface area contributed by atoms with Gasteiger partial charge in [0, 0.05) is 23.2 Å². The van der Waals surface area contributed by atoms with Crippen molar-refractivity contribution >= 4 is 50.5 Å². The maximum Gasteiger partial charge on any atom is 0.331 e. The van der Waals surface area contributed by atoms with Crippen LogP contribution in [0, 0.1) is 6.92 Å². The van der Waals surface area contributed by atoms with E-state index in [1.807, 2.05) is 19.1 Å². The smallest absolute Gasteiger partial charge is 0.331 e. The minimum Gasteiger partial charge on any atom is -0.351 e. The highest BCUT2D eigenvalue weighted by Gasteiger charge is 2.17. The predicted octanol–water partition coefficient (Wildman–Crippen LogP) is 2.95. The Labute approximate surface area is 202 Å². The summed E-state index contributed by atoms with van der Waals surface area (Å²) in [6.45, 7) is 5.54. The van der Waals surface area contributed by atoms with Crippen LogP contribution in [0.1, 0.15) is 23.6 Å². The fourth-order valence-electron chi connectivity index (χ4n) is 3.60. The summed E-state index contributed by atoms with van der Waals surface area (Å²) in [7, 11) is 0. The van der Waals surface area contributed by atoms with Gasteiger partial charge in [0.15, 0.2) is 5.13 Å². The van der Waals surface area contributed by atoms with Crippen molar-refractivity contribution in [2.24, 2.45) is 0 Å². The normalized spacial score (nSPS) is 11.0. The number of para-hydroxylation sites is 1. The molecule has 3 heterocycles. The van der Waals surface area contributed by atoms with Gasteiger partial charge in [-0.05, 0) is 38.1 Å². The number of amides is 2. The molecule has 0 radical (unpaired) electrons. The van der Waals surface area contributed by atoms with Crippen molar-refractivity contribution in [1.82, 2.24) is 19.4 Å². The Hall–Kier alpha value is -3.57. The van der Waals surface area contributed by atoms with Crippen molar-refractivity contribution in [3.05, 3.63) is 67.0 Å². The highest BCUT2D eigenvalue weighted by Crippen LogP contribution is 2.34. The molecular weight excluding hydrogens is 474 g/mol. The first kappa shape index (κ1) is 23.6. The van der Waals surface area contributed by atoms with Crippen LogP contribution in [-0.4, -0.2) is 25.9 Å². The molecule has 0 atom stereocenters. The van der Waals surface area contributed by atoms with Gasteiger partial charge in [-0.2, -0.15) is 0 Å². The number of carbonyl (C=O) groups excluding carboxylic acids is 2. The lowest BCUT2D eigenvalue weighted by molar-refractivity contribution is -0.119. The minimum absolute atomic E-state index is 0.0916. The molecule has 176 valence electrons. The zero-order chi connectivity index (χ0) is 24.4. The molecule has 2 amide bonds. The average Bonchev–Trinajstić information content (AvgIpc) is 3.41. The molecule has 0 spiro atoms. The molecule has 34 heavy (non-hydrogen) atoms. The summed E-state index contributed by atoms with van der Waals surface area (Å²) in [6.07, 6.45) is 0. The second-order valence-corrected chi connectivity index (χ2v) is 9.95. The van der Waals surface area contributed by atoms with Gasteiger partial charge in [-0.15, -0.1) is 22.7 Å². The van der Waals surface area contributed by atoms with E-state index in [1.165, 1.54) is 34.2 Å². The van der Waals surface area contributed by atoms with Gasteiger partial charge >= 0.3 is 5.69 Å². The number of nitrogens with one attached hydrogen (secondary N) is 2. The molecule has 0 bridgehead atoms. The van der Waals surface area contributed by atoms with Gasteiger partial charge in [-0.3, -0.25) is 23.5 Å². The summed E-state index contributed by atoms with van der Waals surface area (Å²) in [5, 5.41) is 6.37. The van der Waals surface area contributed by atoms with E-state index in [2.05, 4.69) is 15.6 Å². The third-order valence-electron chi connectivity index (χ3n) is 5.20. The van der Waals surface area contributed by atoms with Crippen LogP contribution >= 0.6 is 22.7 Å². The Morgan fingerprint density at radius 3 is 2.56 bits per heavy atom. The molecule has 0 aliphatic heterocycles. The van der Waals surface area contributed by atoms with Gasteiger partial charge in [-0.25, -0.2) is 9.78 Å². The maximum atomic E-state index is 12.9. The maximum absolute atomic E-state index is 12.9. The molecule has 0 saturated heterocycles. The zero-order valence-electron chi connectivity index (χ0n) is 18.9. The number of nitrogens with zero attached hydrogens (tertiary/aromatic N) is 3. The van der Waals surface area contributed by atoms with Crippen molar-refractivity contribution in [1.29, 1.82) is 0 Å². The molecule has 0 unspecified atom stereocenters. The van der Waals surface area contributed by atoms with Crippen molar-refractivity contribution in [3.63, 3.8) is 0 Å². The molecular formula is C23H23N5O4S2. The van der Waals surface area contributed by atoms with Gasteiger partial charge in [-0.1, -0.05) is 12.1 Å². The number of thiazole rings is 1. The van der Waals surface area contributed by atoms with E-state index in [-0.39, 0.29) is 24.6 Å². The first-order valence-electron chi connectivity index (χ1n) is 10.6. The monoisotopic (exact) mass is 497 g/mol. The van der Waals surface area contributed by atoms with Gasteiger partial charge in [0.25, 0.3) is 5.56 Å². The van der Waals surface area contributed by atoms with Crippen LogP contribution in [0.15, 0.2) is 46.0 Å². The lowest BCUT2D eigenvalue weighted by Crippen LogP contribution is -2.41. The third-order valence-corrected chi connectivity index (χ3v) is 7.18. The van der Waals surface area contributed by atoms with Crippen LogP contribution in [0.2, 0.25) is 0 Å². The summed E-state index contributed by atoms with van der Waals surface area (Å²) < 4.78 is 2.43. The highest BCUT2D eigenvalue weighted by atomic mass is 32.1. The van der Waals surface area contributed by atoms with Gasteiger partial charge in [0.2, 0.25) is 11.8 Å². The van der Waals surface area contributed by atoms with E-state index in [0.29, 0.717) is 22.6 Å². The Morgan fingerprint density at radius 1 is 1.06 bits per heavy atom. The van der Waals surface area contributed by atoms with Gasteiger partial charge in [0.05, 0.1) is 28.0 Å². The average molecular weight is 498 g/mol. The van der Waals surface area contributed by atoms with Crippen LogP contribution in [0.3, 0.4) is 0 Å². The molecule has 0 fully saturated rings. The SMILES string of the molecule is CCn1c(=O)c2ccccc2n(CC(=O)Nc2nc(-c3ccc(CNC(C)=O)s3)c(C)s2)c1=O. The number of hydrogen-bond acceptors (Lipinski definition) is 7. The second kappa shape index (κ2) is 9.74. The molecule has 4 rings (SSSR count). The van der Waals surface area contributed by atoms with Crippen LogP contribution in [0.25, 0.3) is 21.5 Å². The number of aryl methyl sites for hydroxylation is 1. The summed E-state index contributed by atoms with van der Waals surface area (Å²) in [5.74, 6) is -0.502. The van der Waals surface area contributed by atoms with Gasteiger partial charge in [0.1, 0.15) is 6.54 Å². The molecule has 1 aromatic carbocycles. The van der Waals surface area contributed by atoms with Crippen LogP contribution in [-0.2, 0) is 29.2 Å². The fourth-order valence-corrected chi connectivity index (χ4v) is 5.50. The predicted molar refractivity (Wildman–Crippen MR) is 134 cm³/mol. The highest BCUT2D eigenvalue weighted by molar-refractivity contribution is 7.18. The van der Waals surface area contributed by atoms with E-state index in [4.69, 9.17) is 0 Å². The Kier molecular flexibility index (Phi) is 6.75. The molecule has 2 N–H and O–H groups in total. The Morgan fingerprint density at radius 2 is 1.82 bits per heavy atom. The first-order valence-corrected chi connectivity index (χ1v) is 12.2. The topological polar surface area (TPSA) is 115 Å². The van der Waals surface area contributed by atoms with Crippen molar-refractivity contribution < 1.29 is 9.59 Å². The number of rotatable bonds is 7. The van der Waals surface area contributed by atoms with Gasteiger partial charge < -0.3 is 10.6 Å². The number of anilines is 1. The third kappa shape index (κ3) is 4.70. The van der Waals surface area contributed by atoms with Crippen LogP contribution in [0.5, 0.6) is 0 Å². The molecule has 3 aromatic heterocycles. The number of carbonyl (C=O) groups is 2. The number of benzene rings is 1. The standard InChI is InChI=1S/C23H23N5O4S2/c1-4-27-21(31)16-7-5-6-8-17(16)28(23(27)32)12-19(30)25-22-26-20(13(2)33-22)18-10-9-15(34-18)11-24-14(3)29/h5-10H,4,11-12H2,1-3H3,(H,24,29)(H,25,26,30). The lowest BCUT2D eigenvalue weighted by atomic mass is 10.2. The largest absolute Gasteiger partial charge is 0.351 e. The molecule has 0 aliphatic carbocycles. The fraction of sp³-hybridized carbons (Fsp3) is 0.261. The molecule has 4 aromatic rings. The summed E-state index contributed by atoms with van der Waals surface area (Å²) in [5.41, 5.74) is 0.288. The summed E-state index contributed by atoms with van der Waals surface area (Å²) >= 11 is 2.87. The number of hydrogen-bond donors (Lipinski definition) is 2. The lowest BCUT2D eigenvalue weighted by Gasteiger charge is -2.12.